The zero-order valence-corrected chi connectivity index (χ0v) is 17.6. The van der Waals surface area contributed by atoms with E-state index in [1.807, 2.05) is 6.07 Å². The predicted octanol–water partition coefficient (Wildman–Crippen LogP) is 3.77. The van der Waals surface area contributed by atoms with Crippen LogP contribution in [0.1, 0.15) is 24.4 Å². The van der Waals surface area contributed by atoms with Crippen molar-refractivity contribution in [3.63, 3.8) is 0 Å². The molecule has 0 bridgehead atoms. The summed E-state index contributed by atoms with van der Waals surface area (Å²) in [7, 11) is 2.07. The van der Waals surface area contributed by atoms with Gasteiger partial charge in [0.15, 0.2) is 5.82 Å². The van der Waals surface area contributed by atoms with Crippen molar-refractivity contribution in [2.75, 3.05) is 43.4 Å². The quantitative estimate of drug-likeness (QED) is 0.459. The molecule has 5 rings (SSSR count). The van der Waals surface area contributed by atoms with Crippen molar-refractivity contribution in [2.24, 2.45) is 0 Å². The van der Waals surface area contributed by atoms with Gasteiger partial charge in [-0.1, -0.05) is 0 Å². The van der Waals surface area contributed by atoms with Crippen LogP contribution >= 0.6 is 0 Å². The second-order valence-corrected chi connectivity index (χ2v) is 8.23. The van der Waals surface area contributed by atoms with Gasteiger partial charge in [0.05, 0.1) is 17.3 Å². The number of halogens is 1. The van der Waals surface area contributed by atoms with Crippen LogP contribution in [0.5, 0.6) is 0 Å². The third-order valence-corrected chi connectivity index (χ3v) is 5.73. The molecule has 0 atom stereocenters. The molecule has 1 saturated heterocycles. The lowest BCUT2D eigenvalue weighted by Gasteiger charge is -2.34. The van der Waals surface area contributed by atoms with Crippen LogP contribution in [0.25, 0.3) is 23.1 Å². The minimum atomic E-state index is -0.595. The molecule has 0 amide bonds. The van der Waals surface area contributed by atoms with E-state index in [1.54, 1.807) is 12.2 Å². The van der Waals surface area contributed by atoms with E-state index in [0.717, 1.165) is 44.4 Å². The van der Waals surface area contributed by atoms with Gasteiger partial charge in [-0.25, -0.2) is 14.4 Å². The van der Waals surface area contributed by atoms with Gasteiger partial charge in [-0.3, -0.25) is 10.1 Å². The Hall–Kier alpha value is -3.53. The highest BCUT2D eigenvalue weighted by atomic mass is 19.1. The monoisotopic (exact) mass is 438 g/mol. The maximum atomic E-state index is 15.0. The summed E-state index contributed by atoms with van der Waals surface area (Å²) in [5, 5.41) is 15.0. The first-order chi connectivity index (χ1) is 15.5. The van der Waals surface area contributed by atoms with Crippen molar-refractivity contribution in [3.05, 3.63) is 51.8 Å². The molecule has 1 N–H and O–H groups in total. The van der Waals surface area contributed by atoms with Gasteiger partial charge in [0.1, 0.15) is 22.3 Å². The number of piperazine rings is 1. The number of likely N-dealkylation sites (N-methyl/N-ethyl adjacent to an activating group) is 1. The second-order valence-electron chi connectivity index (χ2n) is 8.23. The first kappa shape index (κ1) is 20.4. The predicted molar refractivity (Wildman–Crippen MR) is 120 cm³/mol. The Balaban J connectivity index is 1.50. The Morgan fingerprint density at radius 1 is 1.19 bits per heavy atom. The van der Waals surface area contributed by atoms with Crippen molar-refractivity contribution >= 4 is 40.4 Å². The summed E-state index contributed by atoms with van der Waals surface area (Å²) in [5.41, 5.74) is 1.07. The highest BCUT2D eigenvalue weighted by Gasteiger charge is 2.24. The van der Waals surface area contributed by atoms with E-state index >= 15 is 4.39 Å². The van der Waals surface area contributed by atoms with Crippen LogP contribution < -0.4 is 10.2 Å². The smallest absolute Gasteiger partial charge is 0.401 e. The summed E-state index contributed by atoms with van der Waals surface area (Å²) in [6.07, 6.45) is 5.30. The van der Waals surface area contributed by atoms with Gasteiger partial charge in [0, 0.05) is 43.7 Å². The van der Waals surface area contributed by atoms with Crippen LogP contribution in [0.2, 0.25) is 0 Å². The molecule has 0 unspecified atom stereocenters. The third-order valence-electron chi connectivity index (χ3n) is 5.73. The number of rotatable bonds is 6. The maximum Gasteiger partial charge on any atom is 0.433 e. The number of anilines is 2. The highest BCUT2D eigenvalue weighted by molar-refractivity contribution is 5.93. The van der Waals surface area contributed by atoms with E-state index in [0.29, 0.717) is 34.6 Å². The zero-order valence-electron chi connectivity index (χ0n) is 17.6. The molecular weight excluding hydrogens is 415 g/mol. The largest absolute Gasteiger partial charge is 0.433 e. The fraction of sp³-hybridized carbons (Fsp3) is 0.364. The molecule has 0 radical (unpaired) electrons. The van der Waals surface area contributed by atoms with Crippen molar-refractivity contribution in [3.8, 4) is 0 Å². The normalized spacial score (nSPS) is 17.4. The topological polar surface area (TPSA) is 101 Å². The number of nitro groups is 1. The van der Waals surface area contributed by atoms with Gasteiger partial charge in [-0.15, -0.1) is 0 Å². The Kier molecular flexibility index (Phi) is 5.22. The molecular formula is C22H23FN6O3. The third kappa shape index (κ3) is 4.26. The van der Waals surface area contributed by atoms with Crippen molar-refractivity contribution < 1.29 is 13.7 Å². The lowest BCUT2D eigenvalue weighted by atomic mass is 10.1. The Morgan fingerprint density at radius 2 is 1.97 bits per heavy atom. The number of hydrogen-bond acceptors (Lipinski definition) is 8. The zero-order chi connectivity index (χ0) is 22.2. The van der Waals surface area contributed by atoms with Crippen LogP contribution in [-0.4, -0.2) is 59.1 Å². The highest BCUT2D eigenvalue weighted by Crippen LogP contribution is 2.33. The summed E-state index contributed by atoms with van der Waals surface area (Å²) < 4.78 is 20.2. The van der Waals surface area contributed by atoms with Gasteiger partial charge in [0.25, 0.3) is 0 Å². The van der Waals surface area contributed by atoms with Crippen LogP contribution in [0.15, 0.2) is 28.7 Å². The molecule has 10 heteroatoms. The summed E-state index contributed by atoms with van der Waals surface area (Å²) in [5.74, 6) is 0.700. The van der Waals surface area contributed by atoms with E-state index < -0.39 is 4.92 Å². The number of benzene rings is 1. The number of aromatic nitrogens is 2. The van der Waals surface area contributed by atoms with Gasteiger partial charge in [0.2, 0.25) is 0 Å². The van der Waals surface area contributed by atoms with E-state index in [1.165, 1.54) is 18.2 Å². The van der Waals surface area contributed by atoms with Crippen molar-refractivity contribution in [1.82, 2.24) is 14.9 Å². The number of furan rings is 1. The molecule has 32 heavy (non-hydrogen) atoms. The molecule has 3 aromatic rings. The van der Waals surface area contributed by atoms with Crippen LogP contribution in [0, 0.1) is 15.9 Å². The minimum absolute atomic E-state index is 0.310. The van der Waals surface area contributed by atoms with E-state index in [2.05, 4.69) is 32.1 Å². The Morgan fingerprint density at radius 3 is 2.66 bits per heavy atom. The van der Waals surface area contributed by atoms with Gasteiger partial charge >= 0.3 is 5.88 Å². The first-order valence-corrected chi connectivity index (χ1v) is 10.6. The maximum absolute atomic E-state index is 15.0. The molecule has 1 saturated carbocycles. The van der Waals surface area contributed by atoms with Crippen LogP contribution in [0.4, 0.5) is 21.8 Å². The minimum Gasteiger partial charge on any atom is -0.401 e. The molecule has 0 spiro atoms. The molecule has 2 aliphatic rings. The lowest BCUT2D eigenvalue weighted by Crippen LogP contribution is -2.44. The number of fused-ring (bicyclic) bond motifs is 1. The fourth-order valence-electron chi connectivity index (χ4n) is 3.74. The van der Waals surface area contributed by atoms with Gasteiger partial charge in [-0.05, 0) is 44.2 Å². The summed E-state index contributed by atoms with van der Waals surface area (Å²) in [4.78, 5) is 23.6. The molecule has 9 nitrogen and oxygen atoms in total. The van der Waals surface area contributed by atoms with E-state index in [-0.39, 0.29) is 11.7 Å². The lowest BCUT2D eigenvalue weighted by molar-refractivity contribution is -0.402. The van der Waals surface area contributed by atoms with Crippen molar-refractivity contribution in [1.29, 1.82) is 0 Å². The standard InChI is InChI=1S/C22H23FN6O3/c1-27-8-10-28(11-9-27)19-12-16-18(13-17(19)23)25-20(26-22(16)24-14-2-3-14)6-4-15-5-7-21(32-15)29(30)31/h4-7,12-14H,2-3,8-11H2,1H3,(H,24,25,26). The van der Waals surface area contributed by atoms with Crippen molar-refractivity contribution in [2.45, 2.75) is 18.9 Å². The van der Waals surface area contributed by atoms with Gasteiger partial charge in [-0.2, -0.15) is 0 Å². The van der Waals surface area contributed by atoms with E-state index in [4.69, 9.17) is 4.42 Å². The average Bonchev–Trinajstić information content (AvgIpc) is 3.45. The number of hydrogen-bond donors (Lipinski definition) is 1. The number of nitrogens with one attached hydrogen (secondary N) is 1. The summed E-state index contributed by atoms with van der Waals surface area (Å²) in [6.45, 7) is 3.30. The molecule has 3 heterocycles. The molecule has 2 aromatic heterocycles. The SMILES string of the molecule is CN1CCN(c2cc3c(NC4CC4)nc(C=Cc4ccc([N+](=O)[O-])o4)nc3cc2F)CC1. The average molecular weight is 438 g/mol. The molecule has 1 aliphatic heterocycles. The molecule has 2 fully saturated rings. The molecule has 1 aromatic carbocycles. The summed E-state index contributed by atoms with van der Waals surface area (Å²) in [6, 6.07) is 6.44. The second kappa shape index (κ2) is 8.19. The van der Waals surface area contributed by atoms with E-state index in [9.17, 15) is 10.1 Å². The van der Waals surface area contributed by atoms with Crippen LogP contribution in [-0.2, 0) is 0 Å². The Bertz CT molecular complexity index is 1200. The van der Waals surface area contributed by atoms with Gasteiger partial charge < -0.3 is 19.5 Å². The molecule has 166 valence electrons. The fourth-order valence-corrected chi connectivity index (χ4v) is 3.74. The summed E-state index contributed by atoms with van der Waals surface area (Å²) >= 11 is 0. The first-order valence-electron chi connectivity index (χ1n) is 10.6. The van der Waals surface area contributed by atoms with Crippen LogP contribution in [0.3, 0.4) is 0 Å². The number of nitrogens with zero attached hydrogens (tertiary/aromatic N) is 5. The molecule has 1 aliphatic carbocycles. The Labute approximate surface area is 183 Å².